The summed E-state index contributed by atoms with van der Waals surface area (Å²) in [6, 6.07) is 10.5. The van der Waals surface area contributed by atoms with Gasteiger partial charge in [0.05, 0.1) is 5.54 Å². The molecule has 0 saturated carbocycles. The molecule has 0 spiro atoms. The molecule has 0 aromatic heterocycles. The highest BCUT2D eigenvalue weighted by Crippen LogP contribution is 2.50. The van der Waals surface area contributed by atoms with Gasteiger partial charge in [-0.2, -0.15) is 0 Å². The van der Waals surface area contributed by atoms with Crippen molar-refractivity contribution in [2.75, 3.05) is 6.61 Å². The summed E-state index contributed by atoms with van der Waals surface area (Å²) in [5.74, 6) is 0. The molecule has 1 aliphatic heterocycles. The Morgan fingerprint density at radius 1 is 1.20 bits per heavy atom. The molecule has 1 aromatic carbocycles. The fraction of sp³-hybridized carbons (Fsp3) is 0.538. The normalized spacial score (nSPS) is 27.7. The lowest BCUT2D eigenvalue weighted by molar-refractivity contribution is 0.274. The number of rotatable bonds is 4. The van der Waals surface area contributed by atoms with Gasteiger partial charge in [-0.05, 0) is 32.3 Å². The van der Waals surface area contributed by atoms with Gasteiger partial charge in [0.2, 0.25) is 0 Å². The van der Waals surface area contributed by atoms with E-state index in [1.165, 1.54) is 5.56 Å². The van der Waals surface area contributed by atoms with Gasteiger partial charge < -0.3 is 5.11 Å². The summed E-state index contributed by atoms with van der Waals surface area (Å²) in [4.78, 5) is 0. The van der Waals surface area contributed by atoms with E-state index in [4.69, 9.17) is 5.11 Å². The molecule has 2 heteroatoms. The van der Waals surface area contributed by atoms with Gasteiger partial charge in [-0.3, -0.25) is 5.32 Å². The van der Waals surface area contributed by atoms with Crippen LogP contribution in [-0.2, 0) is 5.54 Å². The van der Waals surface area contributed by atoms with Crippen LogP contribution < -0.4 is 5.32 Å². The molecule has 15 heavy (non-hydrogen) atoms. The molecule has 0 radical (unpaired) electrons. The number of nitrogens with one attached hydrogen (secondary N) is 1. The average molecular weight is 205 g/mol. The van der Waals surface area contributed by atoms with Crippen molar-refractivity contribution in [2.45, 2.75) is 37.8 Å². The van der Waals surface area contributed by atoms with Gasteiger partial charge in [-0.25, -0.2) is 0 Å². The van der Waals surface area contributed by atoms with Crippen molar-refractivity contribution in [1.29, 1.82) is 0 Å². The van der Waals surface area contributed by atoms with Crippen LogP contribution in [0.1, 0.15) is 32.3 Å². The molecule has 2 nitrogen and oxygen atoms in total. The summed E-state index contributed by atoms with van der Waals surface area (Å²) >= 11 is 0. The van der Waals surface area contributed by atoms with E-state index in [9.17, 15) is 0 Å². The van der Waals surface area contributed by atoms with E-state index >= 15 is 0 Å². The molecular formula is C13H19NO. The Kier molecular flexibility index (Phi) is 2.57. The first kappa shape index (κ1) is 10.7. The molecule has 0 bridgehead atoms. The number of aliphatic hydroxyl groups excluding tert-OH is 1. The zero-order chi connectivity index (χ0) is 10.9. The van der Waals surface area contributed by atoms with Crippen LogP contribution in [0.3, 0.4) is 0 Å². The second-order valence-corrected chi connectivity index (χ2v) is 4.85. The first-order chi connectivity index (χ1) is 7.12. The van der Waals surface area contributed by atoms with E-state index < -0.39 is 0 Å². The SMILES string of the molecule is CC1(C)NC1(CCCO)c1ccccc1. The molecular weight excluding hydrogens is 186 g/mol. The Bertz CT molecular complexity index is 334. The third-order valence-electron chi connectivity index (χ3n) is 3.51. The highest BCUT2D eigenvalue weighted by Gasteiger charge is 2.60. The van der Waals surface area contributed by atoms with Gasteiger partial charge in [0.1, 0.15) is 0 Å². The minimum atomic E-state index is 0.0803. The van der Waals surface area contributed by atoms with Crippen LogP contribution >= 0.6 is 0 Å². The van der Waals surface area contributed by atoms with Crippen LogP contribution in [0.5, 0.6) is 0 Å². The van der Waals surface area contributed by atoms with E-state index in [-0.39, 0.29) is 17.7 Å². The fourth-order valence-electron chi connectivity index (χ4n) is 2.52. The van der Waals surface area contributed by atoms with Gasteiger partial charge in [0.15, 0.2) is 0 Å². The highest BCUT2D eigenvalue weighted by molar-refractivity contribution is 5.38. The highest BCUT2D eigenvalue weighted by atomic mass is 16.2. The van der Waals surface area contributed by atoms with Crippen LogP contribution in [0.15, 0.2) is 30.3 Å². The number of aliphatic hydroxyl groups is 1. The topological polar surface area (TPSA) is 42.2 Å². The van der Waals surface area contributed by atoms with Crippen molar-refractivity contribution in [2.24, 2.45) is 0 Å². The van der Waals surface area contributed by atoms with Crippen molar-refractivity contribution >= 4 is 0 Å². The monoisotopic (exact) mass is 205 g/mol. The van der Waals surface area contributed by atoms with Crippen molar-refractivity contribution in [3.05, 3.63) is 35.9 Å². The van der Waals surface area contributed by atoms with Crippen molar-refractivity contribution < 1.29 is 5.11 Å². The lowest BCUT2D eigenvalue weighted by atomic mass is 9.85. The molecule has 82 valence electrons. The summed E-state index contributed by atoms with van der Waals surface area (Å²) in [5.41, 5.74) is 1.57. The molecule has 1 atom stereocenters. The van der Waals surface area contributed by atoms with E-state index in [0.717, 1.165) is 12.8 Å². The summed E-state index contributed by atoms with van der Waals surface area (Å²) < 4.78 is 0. The second-order valence-electron chi connectivity index (χ2n) is 4.85. The number of hydrogen-bond acceptors (Lipinski definition) is 2. The maximum absolute atomic E-state index is 8.95. The molecule has 0 aliphatic carbocycles. The van der Waals surface area contributed by atoms with Gasteiger partial charge >= 0.3 is 0 Å². The minimum absolute atomic E-state index is 0.0803. The van der Waals surface area contributed by atoms with E-state index in [0.29, 0.717) is 0 Å². The third kappa shape index (κ3) is 1.68. The standard InChI is InChI=1S/C13H19NO/c1-12(2)13(14-12,9-6-10-15)11-7-4-3-5-8-11/h3-5,7-8,14-15H,6,9-10H2,1-2H3. The van der Waals surface area contributed by atoms with E-state index in [1.807, 2.05) is 6.07 Å². The molecule has 1 aliphatic rings. The van der Waals surface area contributed by atoms with E-state index in [1.54, 1.807) is 0 Å². The zero-order valence-corrected chi connectivity index (χ0v) is 9.46. The molecule has 1 unspecified atom stereocenters. The largest absolute Gasteiger partial charge is 0.396 e. The summed E-state index contributed by atoms with van der Waals surface area (Å²) in [6.45, 7) is 4.71. The van der Waals surface area contributed by atoms with Gasteiger partial charge in [0, 0.05) is 12.1 Å². The average Bonchev–Trinajstić information content (AvgIpc) is 2.81. The van der Waals surface area contributed by atoms with Crippen LogP contribution in [0, 0.1) is 0 Å². The second kappa shape index (κ2) is 3.62. The maximum Gasteiger partial charge on any atom is 0.0619 e. The molecule has 1 fully saturated rings. The molecule has 1 heterocycles. The Morgan fingerprint density at radius 2 is 1.80 bits per heavy atom. The van der Waals surface area contributed by atoms with E-state index in [2.05, 4.69) is 43.4 Å². The lowest BCUT2D eigenvalue weighted by Gasteiger charge is -2.17. The molecule has 2 N–H and O–H groups in total. The fourth-order valence-corrected chi connectivity index (χ4v) is 2.52. The van der Waals surface area contributed by atoms with Gasteiger partial charge in [0.25, 0.3) is 0 Å². The molecule has 1 aromatic rings. The quantitative estimate of drug-likeness (QED) is 0.739. The Hall–Kier alpha value is -0.860. The van der Waals surface area contributed by atoms with Crippen LogP contribution in [0.4, 0.5) is 0 Å². The minimum Gasteiger partial charge on any atom is -0.396 e. The smallest absolute Gasteiger partial charge is 0.0619 e. The van der Waals surface area contributed by atoms with Crippen LogP contribution in [-0.4, -0.2) is 17.3 Å². The maximum atomic E-state index is 8.95. The molecule has 2 rings (SSSR count). The number of hydrogen-bond donors (Lipinski definition) is 2. The Morgan fingerprint density at radius 3 is 2.27 bits per heavy atom. The molecule has 0 amide bonds. The Balaban J connectivity index is 2.23. The van der Waals surface area contributed by atoms with Crippen molar-refractivity contribution in [1.82, 2.24) is 5.32 Å². The predicted octanol–water partition coefficient (Wildman–Crippen LogP) is 2.04. The Labute approximate surface area is 91.3 Å². The van der Waals surface area contributed by atoms with Crippen LogP contribution in [0.2, 0.25) is 0 Å². The summed E-state index contributed by atoms with van der Waals surface area (Å²) in [7, 11) is 0. The summed E-state index contributed by atoms with van der Waals surface area (Å²) in [5, 5.41) is 12.5. The molecule has 1 saturated heterocycles. The lowest BCUT2D eigenvalue weighted by Crippen LogP contribution is -2.19. The number of benzene rings is 1. The van der Waals surface area contributed by atoms with Crippen molar-refractivity contribution in [3.8, 4) is 0 Å². The van der Waals surface area contributed by atoms with Gasteiger partial charge in [-0.15, -0.1) is 0 Å². The van der Waals surface area contributed by atoms with Gasteiger partial charge in [-0.1, -0.05) is 30.3 Å². The zero-order valence-electron chi connectivity index (χ0n) is 9.46. The predicted molar refractivity (Wildman–Crippen MR) is 61.7 cm³/mol. The first-order valence-corrected chi connectivity index (χ1v) is 5.58. The van der Waals surface area contributed by atoms with Crippen molar-refractivity contribution in [3.63, 3.8) is 0 Å². The van der Waals surface area contributed by atoms with Crippen LogP contribution in [0.25, 0.3) is 0 Å². The first-order valence-electron chi connectivity index (χ1n) is 5.58. The summed E-state index contributed by atoms with van der Waals surface area (Å²) in [6.07, 6.45) is 1.85. The third-order valence-corrected chi connectivity index (χ3v) is 3.51.